The zero-order valence-electron chi connectivity index (χ0n) is 2.25. The maximum atomic E-state index is 7.98. The van der Waals surface area contributed by atoms with Crippen molar-refractivity contribution in [3.05, 3.63) is 0 Å². The van der Waals surface area contributed by atoms with Crippen LogP contribution in [0, 0.1) is 0 Å². The van der Waals surface area contributed by atoms with Gasteiger partial charge in [-0.05, 0) is 0 Å². The first kappa shape index (κ1) is 3.42. The van der Waals surface area contributed by atoms with Gasteiger partial charge >= 0.3 is 0 Å². The second-order valence-electron chi connectivity index (χ2n) is 0.568. The summed E-state index contributed by atoms with van der Waals surface area (Å²) in [6.07, 6.45) is 0. The van der Waals surface area contributed by atoms with Gasteiger partial charge in [0, 0.05) is 0 Å². The van der Waals surface area contributed by atoms with Crippen LogP contribution in [0.2, 0.25) is 0 Å². The highest BCUT2D eigenvalue weighted by Crippen LogP contribution is 2.21. The van der Waals surface area contributed by atoms with Gasteiger partial charge in [0.25, 0.3) is 6.48 Å². The van der Waals surface area contributed by atoms with Crippen LogP contribution < -0.4 is 0 Å². The van der Waals surface area contributed by atoms with Crippen LogP contribution in [0.4, 0.5) is 0 Å². The number of rotatable bonds is 0. The second-order valence-corrected chi connectivity index (χ2v) is 1.09. The molecule has 1 N–H and O–H groups in total. The molecule has 1 aliphatic heterocycles. The average molecular weight is 94.1 g/mol. The van der Waals surface area contributed by atoms with E-state index in [0.29, 0.717) is 0 Å². The van der Waals surface area contributed by atoms with Gasteiger partial charge in [0.05, 0.1) is 0 Å². The molecule has 0 spiro atoms. The van der Waals surface area contributed by atoms with Gasteiger partial charge in [-0.15, -0.1) is 0 Å². The van der Waals surface area contributed by atoms with E-state index < -0.39 is 6.48 Å². The Labute approximate surface area is 33.3 Å². The Morgan fingerprint density at radius 1 is 1.60 bits per heavy atom. The summed E-state index contributed by atoms with van der Waals surface area (Å²) in [5, 5.41) is 7.98. The van der Waals surface area contributed by atoms with Crippen molar-refractivity contribution in [3.63, 3.8) is 0 Å². The highest BCUT2D eigenvalue weighted by atomic mass is 32.2. The minimum Gasteiger partial charge on any atom is -0.344 e. The summed E-state index contributed by atoms with van der Waals surface area (Å²) in [6, 6.07) is 0. The van der Waals surface area contributed by atoms with Crippen LogP contribution in [0.5, 0.6) is 0 Å². The third-order valence-corrected chi connectivity index (χ3v) is 0.730. The van der Waals surface area contributed by atoms with E-state index in [0.717, 1.165) is 12.3 Å². The zero-order valence-corrected chi connectivity index (χ0v) is 3.07. The molecule has 0 aliphatic carbocycles. The molecule has 0 saturated carbocycles. The smallest absolute Gasteiger partial charge is 0.295 e. The van der Waals surface area contributed by atoms with E-state index in [1.165, 1.54) is 0 Å². The van der Waals surface area contributed by atoms with Crippen LogP contribution in [0.3, 0.4) is 0 Å². The summed E-state index contributed by atoms with van der Waals surface area (Å²) in [5.41, 5.74) is 0. The first-order valence-corrected chi connectivity index (χ1v) is 1.73. The van der Waals surface area contributed by atoms with Crippen LogP contribution in [0.1, 0.15) is 0 Å². The lowest BCUT2D eigenvalue weighted by atomic mass is 11.4. The van der Waals surface area contributed by atoms with Crippen LogP contribution in [0.25, 0.3) is 0 Å². The van der Waals surface area contributed by atoms with Crippen LogP contribution in [-0.2, 0) is 8.37 Å². The van der Waals surface area contributed by atoms with E-state index in [-0.39, 0.29) is 0 Å². The zero-order chi connectivity index (χ0) is 3.70. The van der Waals surface area contributed by atoms with E-state index in [9.17, 15) is 0 Å². The average Bonchev–Trinajstić information content (AvgIpc) is 1.30. The molecule has 0 aromatic heterocycles. The van der Waals surface area contributed by atoms with Crippen molar-refractivity contribution < 1.29 is 13.5 Å². The lowest BCUT2D eigenvalue weighted by Gasteiger charge is -2.15. The van der Waals surface area contributed by atoms with Gasteiger partial charge in [0.15, 0.2) is 12.3 Å². The molecule has 0 atom stereocenters. The number of hydrogen-bond donors (Lipinski definition) is 1. The molecule has 0 aromatic rings. The standard InChI is InChI=1S/CH2O3S/c2-1-3-5-4-1/h1-2H. The Bertz CT molecular complexity index is 33.9. The summed E-state index contributed by atoms with van der Waals surface area (Å²) in [5.74, 6) is 0. The molecule has 1 heterocycles. The van der Waals surface area contributed by atoms with E-state index in [2.05, 4.69) is 8.37 Å². The molecule has 3 nitrogen and oxygen atoms in total. The molecule has 1 aliphatic rings. The highest BCUT2D eigenvalue weighted by Gasteiger charge is 2.15. The molecule has 1 rings (SSSR count). The van der Waals surface area contributed by atoms with Crippen molar-refractivity contribution in [2.24, 2.45) is 0 Å². The fourth-order valence-corrected chi connectivity index (χ4v) is 0.223. The molecule has 1 saturated heterocycles. The van der Waals surface area contributed by atoms with Gasteiger partial charge in [0.2, 0.25) is 0 Å². The number of aliphatic hydroxyl groups is 1. The quantitative estimate of drug-likeness (QED) is 0.424. The first-order valence-electron chi connectivity index (χ1n) is 1.06. The molecule has 0 unspecified atom stereocenters. The van der Waals surface area contributed by atoms with Gasteiger partial charge in [-0.1, -0.05) is 0 Å². The Kier molecular flexibility index (Phi) is 0.778. The van der Waals surface area contributed by atoms with Crippen LogP contribution >= 0.6 is 12.3 Å². The van der Waals surface area contributed by atoms with Crippen molar-refractivity contribution in [1.82, 2.24) is 0 Å². The Morgan fingerprint density at radius 3 is 2.00 bits per heavy atom. The van der Waals surface area contributed by atoms with Crippen molar-refractivity contribution in [1.29, 1.82) is 0 Å². The Hall–Kier alpha value is 0.230. The summed E-state index contributed by atoms with van der Waals surface area (Å²) in [4.78, 5) is 0. The first-order chi connectivity index (χ1) is 2.39. The molecule has 0 radical (unpaired) electrons. The van der Waals surface area contributed by atoms with Crippen molar-refractivity contribution >= 4 is 12.3 Å². The molecule has 0 bridgehead atoms. The lowest BCUT2D eigenvalue weighted by Crippen LogP contribution is -2.17. The van der Waals surface area contributed by atoms with E-state index in [1.54, 1.807) is 0 Å². The molecule has 0 amide bonds. The Balaban J connectivity index is 2.08. The molecule has 5 heavy (non-hydrogen) atoms. The van der Waals surface area contributed by atoms with Crippen molar-refractivity contribution in [2.75, 3.05) is 0 Å². The van der Waals surface area contributed by atoms with Crippen molar-refractivity contribution in [2.45, 2.75) is 6.48 Å². The van der Waals surface area contributed by atoms with Crippen LogP contribution in [0.15, 0.2) is 0 Å². The maximum absolute atomic E-state index is 7.98. The fourth-order valence-electron chi connectivity index (χ4n) is 0.0744. The number of hydrogen-bond acceptors (Lipinski definition) is 4. The molecule has 1 fully saturated rings. The van der Waals surface area contributed by atoms with Gasteiger partial charge in [0.1, 0.15) is 0 Å². The van der Waals surface area contributed by atoms with E-state index >= 15 is 0 Å². The van der Waals surface area contributed by atoms with Gasteiger partial charge in [-0.25, -0.2) is 8.37 Å². The van der Waals surface area contributed by atoms with Crippen molar-refractivity contribution in [3.8, 4) is 0 Å². The van der Waals surface area contributed by atoms with Gasteiger partial charge in [-0.2, -0.15) is 0 Å². The molecular formula is CH2O3S. The monoisotopic (exact) mass is 94.0 g/mol. The second kappa shape index (κ2) is 1.14. The molecule has 4 heteroatoms. The third kappa shape index (κ3) is 0.542. The Morgan fingerprint density at radius 2 is 2.00 bits per heavy atom. The molecule has 30 valence electrons. The van der Waals surface area contributed by atoms with Crippen LogP contribution in [-0.4, -0.2) is 11.6 Å². The highest BCUT2D eigenvalue weighted by molar-refractivity contribution is 7.90. The minimum absolute atomic E-state index is 0.795. The predicted octanol–water partition coefficient (Wildman–Crippen LogP) is -0.128. The molecule has 0 aromatic carbocycles. The minimum atomic E-state index is -0.972. The maximum Gasteiger partial charge on any atom is 0.295 e. The molecular weight excluding hydrogens is 92.1 g/mol. The summed E-state index contributed by atoms with van der Waals surface area (Å²) >= 11 is 0.795. The summed E-state index contributed by atoms with van der Waals surface area (Å²) in [6.45, 7) is -0.972. The normalized spacial score (nSPS) is 25.8. The number of aliphatic hydroxyl groups excluding tert-OH is 1. The predicted molar refractivity (Wildman–Crippen MR) is 15.8 cm³/mol. The SMILES string of the molecule is OC1OSO1. The lowest BCUT2D eigenvalue weighted by molar-refractivity contribution is -0.196. The third-order valence-electron chi connectivity index (χ3n) is 0.243. The van der Waals surface area contributed by atoms with E-state index in [1.807, 2.05) is 0 Å². The van der Waals surface area contributed by atoms with E-state index in [4.69, 9.17) is 5.11 Å². The topological polar surface area (TPSA) is 38.7 Å². The van der Waals surface area contributed by atoms with Gasteiger partial charge < -0.3 is 5.11 Å². The van der Waals surface area contributed by atoms with Gasteiger partial charge in [-0.3, -0.25) is 0 Å². The summed E-state index contributed by atoms with van der Waals surface area (Å²) < 4.78 is 8.36. The fraction of sp³-hybridized carbons (Fsp3) is 1.00. The summed E-state index contributed by atoms with van der Waals surface area (Å²) in [7, 11) is 0. The largest absolute Gasteiger partial charge is 0.344 e.